The molecule has 26 heavy (non-hydrogen) atoms. The summed E-state index contributed by atoms with van der Waals surface area (Å²) < 4.78 is 47.5. The molecule has 0 saturated carbocycles. The highest BCUT2D eigenvalue weighted by molar-refractivity contribution is 7.73. The summed E-state index contributed by atoms with van der Waals surface area (Å²) in [4.78, 5) is 7.47. The van der Waals surface area contributed by atoms with Crippen LogP contribution in [-0.4, -0.2) is 17.1 Å². The maximum Gasteiger partial charge on any atom is 0.416 e. The van der Waals surface area contributed by atoms with Crippen molar-refractivity contribution >= 4 is 55.3 Å². The number of ether oxygens (including phenoxy) is 1. The van der Waals surface area contributed by atoms with Crippen LogP contribution in [0.1, 0.15) is 10.6 Å². The molecule has 0 aliphatic rings. The van der Waals surface area contributed by atoms with Gasteiger partial charge in [0.2, 0.25) is 0 Å². The van der Waals surface area contributed by atoms with Crippen molar-refractivity contribution in [2.75, 3.05) is 7.11 Å². The third-order valence-electron chi connectivity index (χ3n) is 3.97. The molecule has 2 aromatic carbocycles. The van der Waals surface area contributed by atoms with Crippen molar-refractivity contribution in [1.29, 1.82) is 0 Å². The van der Waals surface area contributed by atoms with Gasteiger partial charge in [0.25, 0.3) is 0 Å². The van der Waals surface area contributed by atoms with E-state index in [1.165, 1.54) is 18.4 Å². The molecule has 4 aromatic rings. The van der Waals surface area contributed by atoms with Gasteiger partial charge in [-0.25, -0.2) is 4.98 Å². The molecule has 0 spiro atoms. The second-order valence-corrected chi connectivity index (χ2v) is 8.56. The fourth-order valence-electron chi connectivity index (χ4n) is 2.92. The number of aryl methyl sites for hydroxylation is 1. The van der Waals surface area contributed by atoms with Crippen LogP contribution in [0, 0.1) is 10.9 Å². The quantitative estimate of drug-likeness (QED) is 0.378. The van der Waals surface area contributed by atoms with Crippen LogP contribution in [0.2, 0.25) is 0 Å². The summed E-state index contributed by atoms with van der Waals surface area (Å²) in [5.74, 6) is 0.493. The van der Waals surface area contributed by atoms with Crippen LogP contribution in [-0.2, 0) is 6.18 Å². The summed E-state index contributed by atoms with van der Waals surface area (Å²) in [6.45, 7) is 1.86. The maximum atomic E-state index is 13.4. The average molecular weight is 412 g/mol. The summed E-state index contributed by atoms with van der Waals surface area (Å²) in [5.41, 5.74) is 1.59. The fraction of sp³-hybridized carbons (Fsp3) is 0.176. The van der Waals surface area contributed by atoms with Gasteiger partial charge in [-0.1, -0.05) is 0 Å². The Hall–Kier alpha value is -1.97. The van der Waals surface area contributed by atoms with Crippen LogP contribution in [0.3, 0.4) is 0 Å². The van der Waals surface area contributed by atoms with Crippen LogP contribution in [0.5, 0.6) is 5.75 Å². The smallest absolute Gasteiger partial charge is 0.416 e. The number of H-pyrrole nitrogens is 1. The monoisotopic (exact) mass is 412 g/mol. The molecular formula is C17H11F3N2OS3. The standard InChI is InChI=1S/C17H11F3N2OS3/c1-7-21-10-3-4-11(23-2)13(15(10)25-7)9-5-8(17(18,19)20)6-12-14(9)22-16(24)26-12/h3-6H,1-2H3,(H,22,24). The molecule has 2 aromatic heterocycles. The van der Waals surface area contributed by atoms with Crippen molar-refractivity contribution in [3.05, 3.63) is 38.8 Å². The molecule has 0 aliphatic carbocycles. The van der Waals surface area contributed by atoms with E-state index in [-0.39, 0.29) is 0 Å². The molecule has 0 saturated heterocycles. The van der Waals surface area contributed by atoms with Crippen molar-refractivity contribution in [2.45, 2.75) is 13.1 Å². The molecule has 0 amide bonds. The minimum Gasteiger partial charge on any atom is -0.496 e. The van der Waals surface area contributed by atoms with Gasteiger partial charge in [-0.05, 0) is 43.4 Å². The number of hydrogen-bond donors (Lipinski definition) is 1. The molecule has 3 nitrogen and oxygen atoms in total. The molecule has 1 N–H and O–H groups in total. The highest BCUT2D eigenvalue weighted by Gasteiger charge is 2.32. The molecule has 134 valence electrons. The van der Waals surface area contributed by atoms with Gasteiger partial charge in [-0.3, -0.25) is 0 Å². The normalized spacial score (nSPS) is 12.2. The summed E-state index contributed by atoms with van der Waals surface area (Å²) in [6.07, 6.45) is -4.46. The zero-order valence-electron chi connectivity index (χ0n) is 13.5. The minimum absolute atomic E-state index is 0.410. The molecule has 0 atom stereocenters. The van der Waals surface area contributed by atoms with Crippen LogP contribution >= 0.6 is 34.9 Å². The number of thiazole rings is 2. The third-order valence-corrected chi connectivity index (χ3v) is 6.16. The number of nitrogens with zero attached hydrogens (tertiary/aromatic N) is 1. The molecule has 2 heterocycles. The lowest BCUT2D eigenvalue weighted by atomic mass is 10.00. The maximum absolute atomic E-state index is 13.4. The van der Waals surface area contributed by atoms with Gasteiger partial charge in [0, 0.05) is 11.1 Å². The van der Waals surface area contributed by atoms with E-state index in [2.05, 4.69) is 9.97 Å². The largest absolute Gasteiger partial charge is 0.496 e. The Kier molecular flexibility index (Phi) is 4.05. The number of rotatable bonds is 2. The number of benzene rings is 2. The predicted octanol–water partition coefficient (Wildman–Crippen LogP) is 6.57. The molecule has 4 rings (SSSR count). The average Bonchev–Trinajstić information content (AvgIpc) is 3.12. The van der Waals surface area contributed by atoms with E-state index in [1.807, 2.05) is 13.0 Å². The number of aromatic amines is 1. The molecule has 0 bridgehead atoms. The van der Waals surface area contributed by atoms with Crippen molar-refractivity contribution in [3.63, 3.8) is 0 Å². The van der Waals surface area contributed by atoms with E-state index < -0.39 is 11.7 Å². The van der Waals surface area contributed by atoms with Crippen LogP contribution < -0.4 is 4.74 Å². The lowest BCUT2D eigenvalue weighted by molar-refractivity contribution is -0.137. The number of alkyl halides is 3. The Bertz CT molecular complexity index is 1200. The van der Waals surface area contributed by atoms with Gasteiger partial charge in [0.1, 0.15) is 5.75 Å². The van der Waals surface area contributed by atoms with E-state index in [0.717, 1.165) is 38.7 Å². The van der Waals surface area contributed by atoms with Crippen LogP contribution in [0.15, 0.2) is 24.3 Å². The van der Waals surface area contributed by atoms with Gasteiger partial charge in [0.05, 0.1) is 38.1 Å². The Labute approximate surface area is 159 Å². The Balaban J connectivity index is 2.18. The first-order chi connectivity index (χ1) is 12.3. The van der Waals surface area contributed by atoms with Crippen LogP contribution in [0.25, 0.3) is 31.6 Å². The van der Waals surface area contributed by atoms with Crippen molar-refractivity contribution < 1.29 is 17.9 Å². The molecule has 0 fully saturated rings. The molecule has 0 radical (unpaired) electrons. The Morgan fingerprint density at radius 1 is 1.19 bits per heavy atom. The number of hydrogen-bond acceptors (Lipinski definition) is 5. The topological polar surface area (TPSA) is 37.9 Å². The number of aromatic nitrogens is 2. The first kappa shape index (κ1) is 17.4. The Morgan fingerprint density at radius 3 is 2.65 bits per heavy atom. The second kappa shape index (κ2) is 6.04. The molecular weight excluding hydrogens is 401 g/mol. The van der Waals surface area contributed by atoms with E-state index >= 15 is 0 Å². The lowest BCUT2D eigenvalue weighted by Crippen LogP contribution is -2.05. The number of halogens is 3. The summed E-state index contributed by atoms with van der Waals surface area (Å²) in [6, 6.07) is 5.80. The van der Waals surface area contributed by atoms with Gasteiger partial charge in [-0.15, -0.1) is 22.7 Å². The van der Waals surface area contributed by atoms with Gasteiger partial charge < -0.3 is 9.72 Å². The number of fused-ring (bicyclic) bond motifs is 2. The number of methoxy groups -OCH3 is 1. The van der Waals surface area contributed by atoms with Crippen molar-refractivity contribution in [3.8, 4) is 16.9 Å². The molecule has 0 aliphatic heterocycles. The number of nitrogens with one attached hydrogen (secondary N) is 1. The van der Waals surface area contributed by atoms with Crippen molar-refractivity contribution in [2.24, 2.45) is 0 Å². The first-order valence-corrected chi connectivity index (χ1v) is 9.50. The molecule has 9 heteroatoms. The minimum atomic E-state index is -4.46. The zero-order valence-corrected chi connectivity index (χ0v) is 16.0. The second-order valence-electron chi connectivity index (χ2n) is 5.63. The van der Waals surface area contributed by atoms with Gasteiger partial charge in [-0.2, -0.15) is 13.2 Å². The van der Waals surface area contributed by atoms with E-state index in [9.17, 15) is 13.2 Å². The van der Waals surface area contributed by atoms with E-state index in [0.29, 0.717) is 31.0 Å². The summed E-state index contributed by atoms with van der Waals surface area (Å²) in [7, 11) is 1.50. The zero-order chi connectivity index (χ0) is 18.6. The van der Waals surface area contributed by atoms with Gasteiger partial charge in [0.15, 0.2) is 3.95 Å². The van der Waals surface area contributed by atoms with E-state index in [4.69, 9.17) is 17.0 Å². The molecule has 0 unspecified atom stereocenters. The van der Waals surface area contributed by atoms with E-state index in [1.54, 1.807) is 6.07 Å². The van der Waals surface area contributed by atoms with Crippen LogP contribution in [0.4, 0.5) is 13.2 Å². The summed E-state index contributed by atoms with van der Waals surface area (Å²) in [5, 5.41) is 0.830. The Morgan fingerprint density at radius 2 is 1.96 bits per heavy atom. The van der Waals surface area contributed by atoms with Crippen molar-refractivity contribution in [1.82, 2.24) is 9.97 Å². The highest BCUT2D eigenvalue weighted by Crippen LogP contribution is 2.45. The highest BCUT2D eigenvalue weighted by atomic mass is 32.1. The van der Waals surface area contributed by atoms with Gasteiger partial charge >= 0.3 is 6.18 Å². The predicted molar refractivity (Wildman–Crippen MR) is 102 cm³/mol. The lowest BCUT2D eigenvalue weighted by Gasteiger charge is -2.13. The first-order valence-electron chi connectivity index (χ1n) is 7.46. The summed E-state index contributed by atoms with van der Waals surface area (Å²) >= 11 is 7.71. The SMILES string of the molecule is COc1ccc2nc(C)sc2c1-c1cc(C(F)(F)F)cc2sc(=S)[nH]c12. The third kappa shape index (κ3) is 2.80. The fourth-order valence-corrected chi connectivity index (χ4v) is 5.07.